The maximum Gasteiger partial charge on any atom is 0.252 e. The number of aromatic nitrogens is 4. The topological polar surface area (TPSA) is 60.2 Å². The Morgan fingerprint density at radius 1 is 1.54 bits per heavy atom. The van der Waals surface area contributed by atoms with Gasteiger partial charge in [-0.3, -0.25) is 4.79 Å². The molecule has 0 spiro atoms. The molecule has 0 aromatic carbocycles. The second-order valence-electron chi connectivity index (χ2n) is 2.80. The van der Waals surface area contributed by atoms with Crippen LogP contribution in [0.5, 0.6) is 0 Å². The van der Waals surface area contributed by atoms with E-state index in [0.717, 1.165) is 0 Å². The standard InChI is InChI=1S/C8H8N4O/c1-5-7(6(2)13)3-12-8(11-5)9-4-10-12/h3-4H,1-2H3. The van der Waals surface area contributed by atoms with Crippen molar-refractivity contribution in [3.05, 3.63) is 23.8 Å². The van der Waals surface area contributed by atoms with Crippen LogP contribution in [-0.4, -0.2) is 25.4 Å². The predicted molar refractivity (Wildman–Crippen MR) is 45.5 cm³/mol. The van der Waals surface area contributed by atoms with Gasteiger partial charge in [-0.2, -0.15) is 10.1 Å². The number of fused-ring (bicyclic) bond motifs is 1. The summed E-state index contributed by atoms with van der Waals surface area (Å²) >= 11 is 0. The van der Waals surface area contributed by atoms with Crippen LogP contribution in [0.1, 0.15) is 23.0 Å². The lowest BCUT2D eigenvalue weighted by molar-refractivity contribution is 0.101. The molecule has 0 N–H and O–H groups in total. The minimum atomic E-state index is -0.0117. The maximum absolute atomic E-state index is 11.1. The lowest BCUT2D eigenvalue weighted by atomic mass is 10.2. The summed E-state index contributed by atoms with van der Waals surface area (Å²) in [5, 5.41) is 3.89. The number of nitrogens with zero attached hydrogens (tertiary/aromatic N) is 4. The molecule has 5 heteroatoms. The fourth-order valence-corrected chi connectivity index (χ4v) is 1.19. The van der Waals surface area contributed by atoms with Crippen molar-refractivity contribution in [2.45, 2.75) is 13.8 Å². The number of Topliss-reactive ketones (excluding diaryl/α,β-unsaturated/α-hetero) is 1. The highest BCUT2D eigenvalue weighted by Crippen LogP contribution is 2.06. The largest absolute Gasteiger partial charge is 0.294 e. The van der Waals surface area contributed by atoms with Gasteiger partial charge in [-0.05, 0) is 13.8 Å². The number of aryl methyl sites for hydroxylation is 1. The summed E-state index contributed by atoms with van der Waals surface area (Å²) in [6.07, 6.45) is 3.05. The molecule has 66 valence electrons. The fraction of sp³-hybridized carbons (Fsp3) is 0.250. The highest BCUT2D eigenvalue weighted by Gasteiger charge is 2.07. The number of hydrogen-bond donors (Lipinski definition) is 0. The van der Waals surface area contributed by atoms with Crippen molar-refractivity contribution in [1.29, 1.82) is 0 Å². The van der Waals surface area contributed by atoms with Crippen LogP contribution in [0.2, 0.25) is 0 Å². The van der Waals surface area contributed by atoms with E-state index in [1.54, 1.807) is 13.1 Å². The first-order chi connectivity index (χ1) is 6.18. The second-order valence-corrected chi connectivity index (χ2v) is 2.80. The van der Waals surface area contributed by atoms with Gasteiger partial charge in [0, 0.05) is 6.20 Å². The van der Waals surface area contributed by atoms with Crippen LogP contribution in [0.15, 0.2) is 12.5 Å². The van der Waals surface area contributed by atoms with Gasteiger partial charge < -0.3 is 0 Å². The Balaban J connectivity index is 2.76. The van der Waals surface area contributed by atoms with E-state index in [1.807, 2.05) is 0 Å². The Morgan fingerprint density at radius 2 is 2.31 bits per heavy atom. The molecule has 0 atom stereocenters. The summed E-state index contributed by atoms with van der Waals surface area (Å²) in [4.78, 5) is 19.2. The van der Waals surface area contributed by atoms with Crippen LogP contribution in [0.25, 0.3) is 5.78 Å². The van der Waals surface area contributed by atoms with E-state index in [-0.39, 0.29) is 5.78 Å². The minimum Gasteiger partial charge on any atom is -0.294 e. The molecule has 0 aliphatic heterocycles. The van der Waals surface area contributed by atoms with Crippen LogP contribution in [0.3, 0.4) is 0 Å². The first kappa shape index (κ1) is 7.85. The lowest BCUT2D eigenvalue weighted by Crippen LogP contribution is -2.03. The molecule has 0 aliphatic rings. The molecule has 5 nitrogen and oxygen atoms in total. The summed E-state index contributed by atoms with van der Waals surface area (Å²) in [6, 6.07) is 0. The molecular formula is C8H8N4O. The van der Waals surface area contributed by atoms with Gasteiger partial charge in [-0.1, -0.05) is 0 Å². The van der Waals surface area contributed by atoms with Gasteiger partial charge in [0.05, 0.1) is 11.3 Å². The van der Waals surface area contributed by atoms with E-state index in [9.17, 15) is 4.79 Å². The Morgan fingerprint density at radius 3 is 3.00 bits per heavy atom. The van der Waals surface area contributed by atoms with Gasteiger partial charge in [0.25, 0.3) is 5.78 Å². The van der Waals surface area contributed by atoms with Gasteiger partial charge in [0.1, 0.15) is 6.33 Å². The Bertz CT molecular complexity index is 474. The van der Waals surface area contributed by atoms with Gasteiger partial charge in [-0.15, -0.1) is 0 Å². The van der Waals surface area contributed by atoms with Crippen LogP contribution in [-0.2, 0) is 0 Å². The average molecular weight is 176 g/mol. The van der Waals surface area contributed by atoms with Crippen molar-refractivity contribution in [2.75, 3.05) is 0 Å². The van der Waals surface area contributed by atoms with E-state index in [0.29, 0.717) is 17.0 Å². The van der Waals surface area contributed by atoms with Crippen molar-refractivity contribution in [2.24, 2.45) is 0 Å². The quantitative estimate of drug-likeness (QED) is 0.598. The molecule has 2 aromatic heterocycles. The van der Waals surface area contributed by atoms with Crippen LogP contribution in [0.4, 0.5) is 0 Å². The molecule has 0 radical (unpaired) electrons. The van der Waals surface area contributed by atoms with Gasteiger partial charge in [-0.25, -0.2) is 9.50 Å². The van der Waals surface area contributed by atoms with E-state index < -0.39 is 0 Å². The van der Waals surface area contributed by atoms with Crippen LogP contribution >= 0.6 is 0 Å². The highest BCUT2D eigenvalue weighted by molar-refractivity contribution is 5.94. The third-order valence-electron chi connectivity index (χ3n) is 1.84. The molecule has 0 bridgehead atoms. The maximum atomic E-state index is 11.1. The molecule has 2 aromatic rings. The third-order valence-corrected chi connectivity index (χ3v) is 1.84. The van der Waals surface area contributed by atoms with E-state index in [4.69, 9.17) is 0 Å². The molecule has 0 fully saturated rings. The molecular weight excluding hydrogens is 168 g/mol. The lowest BCUT2D eigenvalue weighted by Gasteiger charge is -1.99. The molecule has 0 saturated heterocycles. The number of hydrogen-bond acceptors (Lipinski definition) is 4. The molecule has 0 saturated carbocycles. The number of rotatable bonds is 1. The van der Waals surface area contributed by atoms with E-state index >= 15 is 0 Å². The molecule has 0 unspecified atom stereocenters. The molecule has 13 heavy (non-hydrogen) atoms. The fourth-order valence-electron chi connectivity index (χ4n) is 1.19. The Kier molecular flexibility index (Phi) is 1.58. The summed E-state index contributed by atoms with van der Waals surface area (Å²) in [5.41, 5.74) is 1.27. The zero-order valence-corrected chi connectivity index (χ0v) is 7.35. The summed E-state index contributed by atoms with van der Waals surface area (Å²) in [5.74, 6) is 0.505. The Labute approximate surface area is 74.4 Å². The normalized spacial score (nSPS) is 10.6. The minimum absolute atomic E-state index is 0.0117. The number of carbonyl (C=O) groups is 1. The Hall–Kier alpha value is -1.78. The number of ketones is 1. The van der Waals surface area contributed by atoms with Gasteiger partial charge >= 0.3 is 0 Å². The van der Waals surface area contributed by atoms with Crippen LogP contribution < -0.4 is 0 Å². The first-order valence-corrected chi connectivity index (χ1v) is 3.86. The third kappa shape index (κ3) is 1.18. The van der Waals surface area contributed by atoms with Crippen molar-refractivity contribution in [3.63, 3.8) is 0 Å². The first-order valence-electron chi connectivity index (χ1n) is 3.86. The summed E-state index contributed by atoms with van der Waals surface area (Å²) < 4.78 is 1.49. The summed E-state index contributed by atoms with van der Waals surface area (Å²) in [7, 11) is 0. The van der Waals surface area contributed by atoms with E-state index in [2.05, 4.69) is 15.1 Å². The van der Waals surface area contributed by atoms with Crippen molar-refractivity contribution in [1.82, 2.24) is 19.6 Å². The molecule has 2 rings (SSSR count). The molecule has 2 heterocycles. The predicted octanol–water partition coefficient (Wildman–Crippen LogP) is 0.635. The molecule has 0 amide bonds. The van der Waals surface area contributed by atoms with E-state index in [1.165, 1.54) is 17.8 Å². The highest BCUT2D eigenvalue weighted by atomic mass is 16.1. The van der Waals surface area contributed by atoms with Gasteiger partial charge in [0.2, 0.25) is 0 Å². The average Bonchev–Trinajstić information content (AvgIpc) is 2.48. The van der Waals surface area contributed by atoms with Crippen molar-refractivity contribution >= 4 is 11.6 Å². The zero-order chi connectivity index (χ0) is 9.42. The SMILES string of the molecule is CC(=O)c1cn2ncnc2nc1C. The van der Waals surface area contributed by atoms with Crippen molar-refractivity contribution < 1.29 is 4.79 Å². The smallest absolute Gasteiger partial charge is 0.252 e. The summed E-state index contributed by atoms with van der Waals surface area (Å²) in [6.45, 7) is 3.29. The second kappa shape index (κ2) is 2.62. The monoisotopic (exact) mass is 176 g/mol. The number of carbonyl (C=O) groups excluding carboxylic acids is 1. The van der Waals surface area contributed by atoms with Crippen LogP contribution in [0, 0.1) is 6.92 Å². The van der Waals surface area contributed by atoms with Crippen molar-refractivity contribution in [3.8, 4) is 0 Å². The zero-order valence-electron chi connectivity index (χ0n) is 7.35. The van der Waals surface area contributed by atoms with Gasteiger partial charge in [0.15, 0.2) is 5.78 Å². The molecule has 0 aliphatic carbocycles.